The van der Waals surface area contributed by atoms with Crippen molar-refractivity contribution in [3.63, 3.8) is 0 Å². The highest BCUT2D eigenvalue weighted by Gasteiger charge is 2.33. The van der Waals surface area contributed by atoms with Gasteiger partial charge >= 0.3 is 6.18 Å². The second-order valence-electron chi connectivity index (χ2n) is 7.05. The molecule has 1 aromatic heterocycles. The first-order chi connectivity index (χ1) is 16.5. The first-order valence-electron chi connectivity index (χ1n) is 9.97. The number of nitrogens with one attached hydrogen (secondary N) is 3. The van der Waals surface area contributed by atoms with E-state index in [-0.39, 0.29) is 17.3 Å². The number of aromatic nitrogens is 1. The van der Waals surface area contributed by atoms with Crippen LogP contribution in [-0.2, 0) is 15.8 Å². The smallest absolute Gasteiger partial charge is 0.417 e. The van der Waals surface area contributed by atoms with Crippen LogP contribution in [0.15, 0.2) is 60.8 Å². The fourth-order valence-electron chi connectivity index (χ4n) is 2.85. The SMILES string of the molecule is CNC(=O)c1ccc(Oc2cccc(NC(=O)CC(=O)Nc3ccc(Cl)c(C(F)(F)F)c3)c2)cn1. The number of pyridine rings is 1. The molecule has 0 aliphatic carbocycles. The van der Waals surface area contributed by atoms with Gasteiger partial charge in [0.15, 0.2) is 0 Å². The minimum absolute atomic E-state index is 0.147. The molecular weight excluding hydrogens is 489 g/mol. The molecule has 0 aliphatic heterocycles. The molecule has 0 radical (unpaired) electrons. The summed E-state index contributed by atoms with van der Waals surface area (Å²) in [6.07, 6.45) is -3.97. The number of alkyl halides is 3. The molecule has 0 saturated carbocycles. The number of ether oxygens (including phenoxy) is 1. The second kappa shape index (κ2) is 10.9. The number of hydrogen-bond acceptors (Lipinski definition) is 5. The zero-order valence-corrected chi connectivity index (χ0v) is 18.8. The van der Waals surface area contributed by atoms with Crippen molar-refractivity contribution in [2.75, 3.05) is 17.7 Å². The van der Waals surface area contributed by atoms with Crippen LogP contribution in [0.2, 0.25) is 5.02 Å². The average molecular weight is 507 g/mol. The molecule has 3 rings (SSSR count). The van der Waals surface area contributed by atoms with Gasteiger partial charge in [-0.05, 0) is 42.5 Å². The molecule has 0 saturated heterocycles. The van der Waals surface area contributed by atoms with Gasteiger partial charge in [-0.1, -0.05) is 17.7 Å². The maximum absolute atomic E-state index is 13.0. The van der Waals surface area contributed by atoms with Gasteiger partial charge in [0, 0.05) is 24.5 Å². The highest BCUT2D eigenvalue weighted by atomic mass is 35.5. The predicted molar refractivity (Wildman–Crippen MR) is 122 cm³/mol. The standard InChI is InChI=1S/C23H18ClF3N4O4/c1-28-22(34)19-8-6-16(12-29-19)35-15-4-2-3-13(9-15)30-20(32)11-21(33)31-14-5-7-18(24)17(10-14)23(25,26)27/h2-10,12H,11H2,1H3,(H,28,34)(H,30,32)(H,31,33). The van der Waals surface area contributed by atoms with E-state index < -0.39 is 35.0 Å². The minimum Gasteiger partial charge on any atom is -0.456 e. The molecule has 3 N–H and O–H groups in total. The fourth-order valence-corrected chi connectivity index (χ4v) is 3.08. The lowest BCUT2D eigenvalue weighted by Crippen LogP contribution is -2.21. The Hall–Kier alpha value is -4.12. The molecule has 0 bridgehead atoms. The number of benzene rings is 2. The van der Waals surface area contributed by atoms with Crippen molar-refractivity contribution in [1.29, 1.82) is 0 Å². The molecule has 0 atom stereocenters. The lowest BCUT2D eigenvalue weighted by molar-refractivity contribution is -0.137. The number of amides is 3. The molecule has 8 nitrogen and oxygen atoms in total. The quantitative estimate of drug-likeness (QED) is 0.396. The lowest BCUT2D eigenvalue weighted by atomic mass is 10.2. The Morgan fingerprint density at radius 2 is 1.63 bits per heavy atom. The van der Waals surface area contributed by atoms with Crippen molar-refractivity contribution in [3.8, 4) is 11.5 Å². The molecule has 0 spiro atoms. The normalized spacial score (nSPS) is 10.9. The summed E-state index contributed by atoms with van der Waals surface area (Å²) in [5.41, 5.74) is -0.712. The Balaban J connectivity index is 1.58. The number of carbonyl (C=O) groups excluding carboxylic acids is 3. The zero-order valence-electron chi connectivity index (χ0n) is 18.1. The van der Waals surface area contributed by atoms with Gasteiger partial charge in [0.2, 0.25) is 11.8 Å². The van der Waals surface area contributed by atoms with Gasteiger partial charge in [-0.25, -0.2) is 4.98 Å². The van der Waals surface area contributed by atoms with E-state index in [9.17, 15) is 27.6 Å². The number of hydrogen-bond donors (Lipinski definition) is 3. The minimum atomic E-state index is -4.69. The molecule has 12 heteroatoms. The molecular formula is C23H18ClF3N4O4. The highest BCUT2D eigenvalue weighted by Crippen LogP contribution is 2.36. The van der Waals surface area contributed by atoms with Crippen LogP contribution in [0.1, 0.15) is 22.5 Å². The van der Waals surface area contributed by atoms with E-state index in [0.29, 0.717) is 23.3 Å². The van der Waals surface area contributed by atoms with Gasteiger partial charge in [0.1, 0.15) is 23.6 Å². The van der Waals surface area contributed by atoms with E-state index in [1.54, 1.807) is 24.3 Å². The Labute approximate surface area is 202 Å². The van der Waals surface area contributed by atoms with Crippen LogP contribution in [0.3, 0.4) is 0 Å². The summed E-state index contributed by atoms with van der Waals surface area (Å²) in [6, 6.07) is 12.2. The van der Waals surface area contributed by atoms with Crippen LogP contribution in [0.4, 0.5) is 24.5 Å². The van der Waals surface area contributed by atoms with E-state index in [4.69, 9.17) is 16.3 Å². The Morgan fingerprint density at radius 1 is 0.943 bits per heavy atom. The summed E-state index contributed by atoms with van der Waals surface area (Å²) in [5.74, 6) is -1.15. The molecule has 2 aromatic carbocycles. The molecule has 35 heavy (non-hydrogen) atoms. The summed E-state index contributed by atoms with van der Waals surface area (Å²) >= 11 is 5.55. The van der Waals surface area contributed by atoms with Crippen LogP contribution in [0.5, 0.6) is 11.5 Å². The number of anilines is 2. The number of nitrogens with zero attached hydrogens (tertiary/aromatic N) is 1. The third kappa shape index (κ3) is 7.18. The Kier molecular flexibility index (Phi) is 7.92. The van der Waals surface area contributed by atoms with Crippen molar-refractivity contribution >= 4 is 40.7 Å². The van der Waals surface area contributed by atoms with Crippen molar-refractivity contribution < 1.29 is 32.3 Å². The third-order valence-electron chi connectivity index (χ3n) is 4.43. The summed E-state index contributed by atoms with van der Waals surface area (Å²) in [6.45, 7) is 0. The average Bonchev–Trinajstić information content (AvgIpc) is 2.79. The summed E-state index contributed by atoms with van der Waals surface area (Å²) in [5, 5.41) is 6.70. The first kappa shape index (κ1) is 25.5. The third-order valence-corrected chi connectivity index (χ3v) is 4.76. The lowest BCUT2D eigenvalue weighted by Gasteiger charge is -2.12. The Morgan fingerprint density at radius 3 is 2.23 bits per heavy atom. The van der Waals surface area contributed by atoms with Crippen molar-refractivity contribution in [1.82, 2.24) is 10.3 Å². The second-order valence-corrected chi connectivity index (χ2v) is 7.46. The van der Waals surface area contributed by atoms with Gasteiger partial charge in [0.05, 0.1) is 16.8 Å². The van der Waals surface area contributed by atoms with Crippen LogP contribution in [0, 0.1) is 0 Å². The molecule has 1 heterocycles. The van der Waals surface area contributed by atoms with E-state index >= 15 is 0 Å². The summed E-state index contributed by atoms with van der Waals surface area (Å²) < 4.78 is 44.5. The van der Waals surface area contributed by atoms with Crippen molar-refractivity contribution in [2.24, 2.45) is 0 Å². The largest absolute Gasteiger partial charge is 0.456 e. The summed E-state index contributed by atoms with van der Waals surface area (Å²) in [7, 11) is 1.49. The van der Waals surface area contributed by atoms with Crippen LogP contribution < -0.4 is 20.7 Å². The van der Waals surface area contributed by atoms with Crippen LogP contribution in [-0.4, -0.2) is 29.8 Å². The van der Waals surface area contributed by atoms with Gasteiger partial charge in [0.25, 0.3) is 5.91 Å². The van der Waals surface area contributed by atoms with Gasteiger partial charge in [-0.3, -0.25) is 14.4 Å². The number of rotatable bonds is 7. The van der Waals surface area contributed by atoms with Crippen LogP contribution in [0.25, 0.3) is 0 Å². The van der Waals surface area contributed by atoms with Gasteiger partial charge < -0.3 is 20.7 Å². The highest BCUT2D eigenvalue weighted by molar-refractivity contribution is 6.31. The molecule has 0 aliphatic rings. The topological polar surface area (TPSA) is 109 Å². The first-order valence-corrected chi connectivity index (χ1v) is 10.4. The molecule has 3 aromatic rings. The fraction of sp³-hybridized carbons (Fsp3) is 0.130. The zero-order chi connectivity index (χ0) is 25.6. The maximum Gasteiger partial charge on any atom is 0.417 e. The number of carbonyl (C=O) groups is 3. The van der Waals surface area contributed by atoms with Gasteiger partial charge in [-0.2, -0.15) is 13.2 Å². The molecule has 0 unspecified atom stereocenters. The molecule has 3 amide bonds. The molecule has 0 fully saturated rings. The van der Waals surface area contributed by atoms with Crippen molar-refractivity contribution in [3.05, 3.63) is 77.1 Å². The number of halogens is 4. The van der Waals surface area contributed by atoms with Crippen LogP contribution >= 0.6 is 11.6 Å². The van der Waals surface area contributed by atoms with E-state index in [2.05, 4.69) is 20.9 Å². The van der Waals surface area contributed by atoms with E-state index in [0.717, 1.165) is 6.07 Å². The monoisotopic (exact) mass is 506 g/mol. The summed E-state index contributed by atoms with van der Waals surface area (Å²) in [4.78, 5) is 39.9. The van der Waals surface area contributed by atoms with Crippen molar-refractivity contribution in [2.45, 2.75) is 12.6 Å². The Bertz CT molecular complexity index is 1250. The molecule has 182 valence electrons. The predicted octanol–water partition coefficient (Wildman–Crippen LogP) is 4.87. The van der Waals surface area contributed by atoms with E-state index in [1.165, 1.54) is 31.4 Å². The maximum atomic E-state index is 13.0. The van der Waals surface area contributed by atoms with E-state index in [1.807, 2.05) is 0 Å². The van der Waals surface area contributed by atoms with Gasteiger partial charge in [-0.15, -0.1) is 0 Å².